The maximum absolute atomic E-state index is 12.3. The van der Waals surface area contributed by atoms with Gasteiger partial charge in [0.05, 0.1) is 17.5 Å². The van der Waals surface area contributed by atoms with Gasteiger partial charge in [0, 0.05) is 19.7 Å². The molecule has 0 aliphatic carbocycles. The largest absolute Gasteiger partial charge is 0.522 e. The fourth-order valence-electron chi connectivity index (χ4n) is 2.53. The number of halogens is 3. The Morgan fingerprint density at radius 1 is 1.52 bits per heavy atom. The van der Waals surface area contributed by atoms with Gasteiger partial charge < -0.3 is 10.1 Å². The minimum absolute atomic E-state index is 0.00736. The zero-order valence-electron chi connectivity index (χ0n) is 13.3. The van der Waals surface area contributed by atoms with Crippen molar-refractivity contribution in [3.8, 4) is 0 Å². The molecule has 1 saturated heterocycles. The van der Waals surface area contributed by atoms with E-state index in [2.05, 4.69) is 25.3 Å². The third-order valence-electron chi connectivity index (χ3n) is 3.66. The molecule has 1 aliphatic heterocycles. The molecule has 3 rings (SSSR count). The third-order valence-corrected chi connectivity index (χ3v) is 3.66. The van der Waals surface area contributed by atoms with E-state index in [-0.39, 0.29) is 17.5 Å². The van der Waals surface area contributed by atoms with E-state index in [0.29, 0.717) is 12.4 Å². The SMILES string of the molecule is Cn1nc(COC(F)(F)F)cc1C(=O)Nc1cc([C@H]2CCCO2)[nH]n1. The number of rotatable bonds is 5. The Balaban J connectivity index is 1.64. The molecule has 1 aliphatic rings. The maximum Gasteiger partial charge on any atom is 0.522 e. The molecular formula is C14H16F3N5O3. The van der Waals surface area contributed by atoms with Crippen molar-refractivity contribution in [2.45, 2.75) is 31.9 Å². The van der Waals surface area contributed by atoms with Gasteiger partial charge in [0.2, 0.25) is 0 Å². The monoisotopic (exact) mass is 359 g/mol. The van der Waals surface area contributed by atoms with Crippen molar-refractivity contribution in [3.05, 3.63) is 29.2 Å². The highest BCUT2D eigenvalue weighted by molar-refractivity contribution is 6.02. The molecule has 0 spiro atoms. The predicted molar refractivity (Wildman–Crippen MR) is 78.5 cm³/mol. The summed E-state index contributed by atoms with van der Waals surface area (Å²) < 4.78 is 46.6. The highest BCUT2D eigenvalue weighted by atomic mass is 19.4. The van der Waals surface area contributed by atoms with E-state index in [0.717, 1.165) is 18.5 Å². The van der Waals surface area contributed by atoms with Crippen molar-refractivity contribution in [1.82, 2.24) is 20.0 Å². The first-order valence-corrected chi connectivity index (χ1v) is 7.54. The summed E-state index contributed by atoms with van der Waals surface area (Å²) >= 11 is 0. The van der Waals surface area contributed by atoms with Gasteiger partial charge in [-0.2, -0.15) is 10.2 Å². The molecule has 0 radical (unpaired) electrons. The molecule has 2 N–H and O–H groups in total. The molecule has 8 nitrogen and oxygen atoms in total. The molecule has 136 valence electrons. The smallest absolute Gasteiger partial charge is 0.372 e. The van der Waals surface area contributed by atoms with E-state index < -0.39 is 18.9 Å². The first-order chi connectivity index (χ1) is 11.8. The number of aromatic amines is 1. The summed E-state index contributed by atoms with van der Waals surface area (Å²) in [4.78, 5) is 12.3. The lowest BCUT2D eigenvalue weighted by atomic mass is 10.2. The average Bonchev–Trinajstić information content (AvgIpc) is 3.23. The highest BCUT2D eigenvalue weighted by Crippen LogP contribution is 2.28. The standard InChI is InChI=1S/C14H16F3N5O3/c1-22-10(5-8(21-22)7-25-14(15,16)17)13(23)18-12-6-9(19-20-12)11-3-2-4-24-11/h5-6,11H,2-4,7H2,1H3,(H2,18,19,20,23)/t11-/m1/s1. The Labute approximate surface area is 140 Å². The van der Waals surface area contributed by atoms with Crippen LogP contribution in [-0.2, 0) is 23.1 Å². The number of alkyl halides is 3. The van der Waals surface area contributed by atoms with Crippen molar-refractivity contribution < 1.29 is 27.4 Å². The van der Waals surface area contributed by atoms with Crippen LogP contribution in [0.5, 0.6) is 0 Å². The average molecular weight is 359 g/mol. The molecule has 0 bridgehead atoms. The predicted octanol–water partition coefficient (Wildman–Crippen LogP) is 2.28. The summed E-state index contributed by atoms with van der Waals surface area (Å²) in [6, 6.07) is 2.90. The van der Waals surface area contributed by atoms with Crippen LogP contribution in [0.1, 0.15) is 40.8 Å². The zero-order chi connectivity index (χ0) is 18.0. The Bertz CT molecular complexity index is 749. The lowest BCUT2D eigenvalue weighted by Gasteiger charge is -2.04. The number of aromatic nitrogens is 4. The van der Waals surface area contributed by atoms with Crippen LogP contribution in [0.25, 0.3) is 0 Å². The van der Waals surface area contributed by atoms with Crippen LogP contribution in [0.4, 0.5) is 19.0 Å². The van der Waals surface area contributed by atoms with Crippen LogP contribution in [0.2, 0.25) is 0 Å². The number of nitrogens with one attached hydrogen (secondary N) is 2. The topological polar surface area (TPSA) is 94.1 Å². The second-order valence-corrected chi connectivity index (χ2v) is 5.54. The summed E-state index contributed by atoms with van der Waals surface area (Å²) in [6.45, 7) is -0.0840. The molecule has 2 aromatic heterocycles. The van der Waals surface area contributed by atoms with Crippen LogP contribution in [-0.4, -0.2) is 38.9 Å². The first kappa shape index (κ1) is 17.4. The number of carbonyl (C=O) groups is 1. The summed E-state index contributed by atoms with van der Waals surface area (Å²) in [6.07, 6.45) is -2.99. The number of amides is 1. The second kappa shape index (κ2) is 6.84. The van der Waals surface area contributed by atoms with Crippen molar-refractivity contribution >= 4 is 11.7 Å². The maximum atomic E-state index is 12.3. The Kier molecular flexibility index (Phi) is 4.77. The molecule has 1 amide bonds. The van der Waals surface area contributed by atoms with Crippen molar-refractivity contribution in [2.75, 3.05) is 11.9 Å². The first-order valence-electron chi connectivity index (χ1n) is 7.54. The number of ether oxygens (including phenoxy) is 2. The number of aryl methyl sites for hydroxylation is 1. The van der Waals surface area contributed by atoms with Gasteiger partial charge in [-0.05, 0) is 18.9 Å². The van der Waals surface area contributed by atoms with Gasteiger partial charge in [-0.15, -0.1) is 13.2 Å². The lowest BCUT2D eigenvalue weighted by Crippen LogP contribution is -2.16. The van der Waals surface area contributed by atoms with Crippen molar-refractivity contribution in [3.63, 3.8) is 0 Å². The summed E-state index contributed by atoms with van der Waals surface area (Å²) in [5.74, 6) is -0.247. The van der Waals surface area contributed by atoms with Gasteiger partial charge in [-0.3, -0.25) is 19.3 Å². The molecule has 0 unspecified atom stereocenters. The molecule has 2 aromatic rings. The molecule has 1 atom stereocenters. The van der Waals surface area contributed by atoms with Crippen LogP contribution in [0, 0.1) is 0 Å². The van der Waals surface area contributed by atoms with Crippen LogP contribution >= 0.6 is 0 Å². The van der Waals surface area contributed by atoms with Gasteiger partial charge in [-0.1, -0.05) is 0 Å². The molecular weight excluding hydrogens is 343 g/mol. The number of nitrogens with zero attached hydrogens (tertiary/aromatic N) is 3. The van der Waals surface area contributed by atoms with Crippen molar-refractivity contribution in [1.29, 1.82) is 0 Å². The molecule has 25 heavy (non-hydrogen) atoms. The fourth-order valence-corrected chi connectivity index (χ4v) is 2.53. The zero-order valence-corrected chi connectivity index (χ0v) is 13.3. The number of carbonyl (C=O) groups excluding carboxylic acids is 1. The van der Waals surface area contributed by atoms with E-state index >= 15 is 0 Å². The van der Waals surface area contributed by atoms with Gasteiger partial charge in [0.1, 0.15) is 12.3 Å². The molecule has 0 saturated carbocycles. The minimum Gasteiger partial charge on any atom is -0.372 e. The second-order valence-electron chi connectivity index (χ2n) is 5.54. The number of anilines is 1. The minimum atomic E-state index is -4.76. The van der Waals surface area contributed by atoms with E-state index in [1.807, 2.05) is 0 Å². The summed E-state index contributed by atoms with van der Waals surface area (Å²) in [5.41, 5.74) is 0.839. The van der Waals surface area contributed by atoms with Crippen LogP contribution < -0.4 is 5.32 Å². The van der Waals surface area contributed by atoms with Gasteiger partial charge in [0.15, 0.2) is 5.82 Å². The molecule has 3 heterocycles. The third kappa shape index (κ3) is 4.37. The van der Waals surface area contributed by atoms with Crippen molar-refractivity contribution in [2.24, 2.45) is 7.05 Å². The van der Waals surface area contributed by atoms with E-state index in [4.69, 9.17) is 4.74 Å². The van der Waals surface area contributed by atoms with Crippen LogP contribution in [0.3, 0.4) is 0 Å². The number of hydrogen-bond donors (Lipinski definition) is 2. The Morgan fingerprint density at radius 2 is 2.32 bits per heavy atom. The normalized spacial score (nSPS) is 17.8. The van der Waals surface area contributed by atoms with E-state index in [1.165, 1.54) is 17.8 Å². The highest BCUT2D eigenvalue weighted by Gasteiger charge is 2.29. The number of hydrogen-bond acceptors (Lipinski definition) is 5. The number of H-pyrrole nitrogens is 1. The molecule has 0 aromatic carbocycles. The van der Waals surface area contributed by atoms with Crippen LogP contribution in [0.15, 0.2) is 12.1 Å². The van der Waals surface area contributed by atoms with Gasteiger partial charge in [-0.25, -0.2) is 0 Å². The lowest BCUT2D eigenvalue weighted by molar-refractivity contribution is -0.330. The van der Waals surface area contributed by atoms with E-state index in [1.54, 1.807) is 6.07 Å². The Morgan fingerprint density at radius 3 is 3.00 bits per heavy atom. The van der Waals surface area contributed by atoms with Gasteiger partial charge in [0.25, 0.3) is 5.91 Å². The molecule has 1 fully saturated rings. The summed E-state index contributed by atoms with van der Waals surface area (Å²) in [7, 11) is 1.45. The van der Waals surface area contributed by atoms with Gasteiger partial charge >= 0.3 is 6.36 Å². The summed E-state index contributed by atoms with van der Waals surface area (Å²) in [5, 5.41) is 13.2. The van der Waals surface area contributed by atoms with E-state index in [9.17, 15) is 18.0 Å². The quantitative estimate of drug-likeness (QED) is 0.854. The fraction of sp³-hybridized carbons (Fsp3) is 0.500. The molecule has 11 heteroatoms. The Hall–Kier alpha value is -2.40.